The van der Waals surface area contributed by atoms with Crippen LogP contribution in [0.2, 0.25) is 0 Å². The van der Waals surface area contributed by atoms with E-state index in [4.69, 9.17) is 42.6 Å². The summed E-state index contributed by atoms with van der Waals surface area (Å²) in [6, 6.07) is 0. The van der Waals surface area contributed by atoms with E-state index in [1.54, 1.807) is 0 Å². The van der Waals surface area contributed by atoms with Crippen LogP contribution in [-0.2, 0) is 61.8 Å². The molecule has 20 atom stereocenters. The van der Waals surface area contributed by atoms with Crippen LogP contribution in [0.5, 0.6) is 0 Å². The van der Waals surface area contributed by atoms with Crippen molar-refractivity contribution in [3.63, 3.8) is 0 Å². The maximum atomic E-state index is 12.0. The minimum Gasteiger partial charge on any atom is -0.547 e. The number of aliphatic hydroxyl groups excluding tert-OH is 8. The van der Waals surface area contributed by atoms with Gasteiger partial charge in [-0.05, 0) is 0 Å². The van der Waals surface area contributed by atoms with Crippen LogP contribution in [0, 0.1) is 0 Å². The number of carboxylic acids is 4. The molecular formula is C26H34O25-4. The number of carboxylic acid groups (broad SMARTS) is 4. The van der Waals surface area contributed by atoms with Crippen molar-refractivity contribution in [2.24, 2.45) is 0 Å². The number of carbonyl (C=O) groups is 4. The lowest BCUT2D eigenvalue weighted by molar-refractivity contribution is -0.402. The Bertz CT molecular complexity index is 1250. The molecule has 4 fully saturated rings. The third-order valence-electron chi connectivity index (χ3n) is 8.49. The van der Waals surface area contributed by atoms with Crippen LogP contribution in [0.25, 0.3) is 0 Å². The zero-order valence-corrected chi connectivity index (χ0v) is 26.1. The van der Waals surface area contributed by atoms with Crippen LogP contribution in [0.4, 0.5) is 0 Å². The molecule has 0 radical (unpaired) electrons. The van der Waals surface area contributed by atoms with Gasteiger partial charge in [0.25, 0.3) is 0 Å². The Kier molecular flexibility index (Phi) is 13.2. The van der Waals surface area contributed by atoms with E-state index in [1.807, 2.05) is 0 Å². The average Bonchev–Trinajstić information content (AvgIpc) is 3.07. The first kappa shape index (κ1) is 41.0. The molecule has 4 rings (SSSR count). The highest BCUT2D eigenvalue weighted by atomic mass is 16.8. The smallest absolute Gasteiger partial charge is 0.187 e. The predicted octanol–water partition coefficient (Wildman–Crippen LogP) is -13.4. The van der Waals surface area contributed by atoms with Gasteiger partial charge >= 0.3 is 0 Å². The van der Waals surface area contributed by atoms with Crippen LogP contribution in [-0.4, -0.2) is 202 Å². The monoisotopic (exact) mass is 746 g/mol. The van der Waals surface area contributed by atoms with Crippen LogP contribution in [0.1, 0.15) is 0 Å². The molecule has 0 aliphatic carbocycles. The van der Waals surface area contributed by atoms with E-state index in [0.29, 0.717) is 0 Å². The molecule has 4 heterocycles. The number of ether oxygens (including phenoxy) is 9. The summed E-state index contributed by atoms with van der Waals surface area (Å²) in [5, 5.41) is 132. The number of aliphatic hydroxyl groups is 8. The molecule has 292 valence electrons. The Morgan fingerprint density at radius 1 is 0.392 bits per heavy atom. The standard InChI is InChI=1S/C26H38O25/c1-43-11-3(27)8(32)24(49-15(11)19(35)36)46-13-5(29)10(34)26(51-17(13)21(39)40)47-14-6(30)9(33)25(50-18(14)22(41)42)45-12-4(28)7(31)23(44-2)48-16(12)20(37)38/h3-18,23-34H,1-2H3,(H,35,36)(H,37,38)(H,39,40)(H,41,42)/p-4/t3?,4?,5?,6?,7?,8-,9+,10?,11-,12-,13-,14-,15?,16+,17+,18?,23+,24+,25+,26?/m0/s1. The van der Waals surface area contributed by atoms with E-state index in [9.17, 15) is 80.5 Å². The first-order valence-corrected chi connectivity index (χ1v) is 14.8. The second-order valence-corrected chi connectivity index (χ2v) is 11.6. The number of aliphatic carboxylic acids is 4. The molecule has 4 saturated heterocycles. The van der Waals surface area contributed by atoms with Gasteiger partial charge in [-0.3, -0.25) is 0 Å². The van der Waals surface area contributed by atoms with Crippen molar-refractivity contribution in [2.45, 2.75) is 123 Å². The van der Waals surface area contributed by atoms with Gasteiger partial charge in [0.15, 0.2) is 25.2 Å². The summed E-state index contributed by atoms with van der Waals surface area (Å²) in [4.78, 5) is 47.2. The Labute approximate surface area is 284 Å². The van der Waals surface area contributed by atoms with Gasteiger partial charge in [0.1, 0.15) is 97.7 Å². The highest BCUT2D eigenvalue weighted by Gasteiger charge is 2.56. The normalized spacial score (nSPS) is 47.7. The number of hydrogen-bond donors (Lipinski definition) is 8. The molecule has 25 heteroatoms. The summed E-state index contributed by atoms with van der Waals surface area (Å²) >= 11 is 0. The highest BCUT2D eigenvalue weighted by molar-refractivity contribution is 5.72. The van der Waals surface area contributed by atoms with Gasteiger partial charge in [0.2, 0.25) is 0 Å². The van der Waals surface area contributed by atoms with E-state index in [1.165, 1.54) is 0 Å². The first-order valence-electron chi connectivity index (χ1n) is 14.8. The van der Waals surface area contributed by atoms with Crippen molar-refractivity contribution in [1.82, 2.24) is 0 Å². The maximum Gasteiger partial charge on any atom is 0.187 e. The number of hydrogen-bond acceptors (Lipinski definition) is 25. The molecule has 51 heavy (non-hydrogen) atoms. The summed E-state index contributed by atoms with van der Waals surface area (Å²) in [7, 11) is 1.95. The van der Waals surface area contributed by atoms with Crippen molar-refractivity contribution < 1.29 is 123 Å². The van der Waals surface area contributed by atoms with Crippen LogP contribution in [0.15, 0.2) is 0 Å². The minimum atomic E-state index is -2.54. The van der Waals surface area contributed by atoms with Gasteiger partial charge in [-0.1, -0.05) is 0 Å². The lowest BCUT2D eigenvalue weighted by atomic mass is 9.95. The van der Waals surface area contributed by atoms with Gasteiger partial charge in [-0.2, -0.15) is 0 Å². The number of rotatable bonds is 12. The molecule has 4 aliphatic heterocycles. The minimum absolute atomic E-state index is 0.957. The highest BCUT2D eigenvalue weighted by Crippen LogP contribution is 2.34. The van der Waals surface area contributed by atoms with Gasteiger partial charge in [-0.25, -0.2) is 0 Å². The molecular weight excluding hydrogens is 712 g/mol. The molecule has 0 aromatic rings. The molecule has 0 bridgehead atoms. The SMILES string of the molecule is CO[C@@H]1O[C@@H](C(=O)[O-])[C@@H](O[C@@H]2OC(C(=O)[O-])[C@@H](OC3O[C@@H](C(=O)[O-])[C@@H](O[C@@H]4OC(C(=O)[O-])[C@@H](OC)C(O)[C@@H]4O)C(O)C3O)C(O)[C@H]2O)C(O)C1O. The van der Waals surface area contributed by atoms with Gasteiger partial charge in [0.05, 0.1) is 23.9 Å². The Morgan fingerprint density at radius 3 is 0.882 bits per heavy atom. The third kappa shape index (κ3) is 8.09. The first-order chi connectivity index (χ1) is 23.9. The lowest BCUT2D eigenvalue weighted by Crippen LogP contribution is -2.70. The van der Waals surface area contributed by atoms with Gasteiger partial charge in [-0.15, -0.1) is 0 Å². The third-order valence-corrected chi connectivity index (χ3v) is 8.49. The Hall–Kier alpha value is -2.80. The molecule has 4 aliphatic rings. The summed E-state index contributed by atoms with van der Waals surface area (Å²) < 4.78 is 45.3. The Morgan fingerprint density at radius 2 is 0.627 bits per heavy atom. The fourth-order valence-corrected chi connectivity index (χ4v) is 5.82. The number of carbonyl (C=O) groups excluding carboxylic acids is 4. The van der Waals surface area contributed by atoms with E-state index in [2.05, 4.69) is 0 Å². The molecule has 0 saturated carbocycles. The maximum absolute atomic E-state index is 12.0. The van der Waals surface area contributed by atoms with Gasteiger partial charge in [0, 0.05) is 14.2 Å². The van der Waals surface area contributed by atoms with Crippen molar-refractivity contribution >= 4 is 23.9 Å². The second kappa shape index (κ2) is 16.5. The van der Waals surface area contributed by atoms with Crippen molar-refractivity contribution in [1.29, 1.82) is 0 Å². The molecule has 0 spiro atoms. The molecule has 0 aromatic heterocycles. The van der Waals surface area contributed by atoms with E-state index in [-0.39, 0.29) is 0 Å². The average molecular weight is 747 g/mol. The van der Waals surface area contributed by atoms with Crippen LogP contribution in [0.3, 0.4) is 0 Å². The van der Waals surface area contributed by atoms with Crippen molar-refractivity contribution in [3.05, 3.63) is 0 Å². The second-order valence-electron chi connectivity index (χ2n) is 11.6. The van der Waals surface area contributed by atoms with Crippen LogP contribution < -0.4 is 20.4 Å². The fraction of sp³-hybridized carbons (Fsp3) is 0.846. The summed E-state index contributed by atoms with van der Waals surface area (Å²) in [6.45, 7) is 0. The zero-order chi connectivity index (χ0) is 38.2. The van der Waals surface area contributed by atoms with Gasteiger partial charge < -0.3 is 123 Å². The van der Waals surface area contributed by atoms with E-state index >= 15 is 0 Å². The van der Waals surface area contributed by atoms with Crippen molar-refractivity contribution in [2.75, 3.05) is 14.2 Å². The van der Waals surface area contributed by atoms with Crippen molar-refractivity contribution in [3.8, 4) is 0 Å². The summed E-state index contributed by atoms with van der Waals surface area (Å²) in [6.07, 6.45) is -44.8. The predicted molar refractivity (Wildman–Crippen MR) is 135 cm³/mol. The fourth-order valence-electron chi connectivity index (χ4n) is 5.82. The number of methoxy groups -OCH3 is 2. The Balaban J connectivity index is 1.51. The largest absolute Gasteiger partial charge is 0.547 e. The molecule has 25 nitrogen and oxygen atoms in total. The van der Waals surface area contributed by atoms with E-state index in [0.717, 1.165) is 14.2 Å². The molecule has 8 N–H and O–H groups in total. The summed E-state index contributed by atoms with van der Waals surface area (Å²) in [5.41, 5.74) is 0. The van der Waals surface area contributed by atoms with Crippen LogP contribution >= 0.6 is 0 Å². The van der Waals surface area contributed by atoms with E-state index < -0.39 is 147 Å². The topological polar surface area (TPSA) is 405 Å². The molecule has 0 aromatic carbocycles. The molecule has 9 unspecified atom stereocenters. The lowest BCUT2D eigenvalue weighted by Gasteiger charge is -2.49. The molecule has 0 amide bonds. The quantitative estimate of drug-likeness (QED) is 0.0918. The zero-order valence-electron chi connectivity index (χ0n) is 26.1. The summed E-state index contributed by atoms with van der Waals surface area (Å²) in [5.74, 6) is -8.42.